The van der Waals surface area contributed by atoms with Gasteiger partial charge >= 0.3 is 0 Å². The van der Waals surface area contributed by atoms with Crippen molar-refractivity contribution >= 4 is 0 Å². The van der Waals surface area contributed by atoms with Crippen molar-refractivity contribution in [2.75, 3.05) is 7.11 Å². The van der Waals surface area contributed by atoms with Gasteiger partial charge in [0.25, 0.3) is 0 Å². The van der Waals surface area contributed by atoms with Gasteiger partial charge in [0.05, 0.1) is 18.5 Å². The Balaban J connectivity index is 2.26. The largest absolute Gasteiger partial charge is 0.496 e. The molecule has 0 aliphatic rings. The fraction of sp³-hybridized carbons (Fsp3) is 0.273. The molecular weight excluding hydrogens is 204 g/mol. The molecule has 2 aromatic rings. The lowest BCUT2D eigenvalue weighted by molar-refractivity contribution is 0.410. The highest BCUT2D eigenvalue weighted by molar-refractivity contribution is 5.36. The highest BCUT2D eigenvalue weighted by atomic mass is 16.5. The average Bonchev–Trinajstić information content (AvgIpc) is 2.77. The molecule has 0 atom stereocenters. The third-order valence-electron chi connectivity index (χ3n) is 2.45. The number of aromatic amines is 1. The van der Waals surface area contributed by atoms with E-state index in [1.54, 1.807) is 7.11 Å². The second-order valence-electron chi connectivity index (χ2n) is 3.41. The first kappa shape index (κ1) is 10.6. The molecule has 0 amide bonds. The number of H-pyrrole nitrogens is 1. The molecular formula is C11H14N4O. The van der Waals surface area contributed by atoms with Gasteiger partial charge in [-0.2, -0.15) is 15.4 Å². The molecule has 0 bridgehead atoms. The number of aromatic nitrogens is 3. The van der Waals surface area contributed by atoms with E-state index in [2.05, 4.69) is 15.4 Å². The van der Waals surface area contributed by atoms with Gasteiger partial charge < -0.3 is 10.5 Å². The summed E-state index contributed by atoms with van der Waals surface area (Å²) in [6.07, 6.45) is 0.674. The van der Waals surface area contributed by atoms with Gasteiger partial charge in [-0.1, -0.05) is 18.2 Å². The first-order valence-corrected chi connectivity index (χ1v) is 5.05. The Morgan fingerprint density at radius 2 is 2.00 bits per heavy atom. The Labute approximate surface area is 93.6 Å². The van der Waals surface area contributed by atoms with Crippen LogP contribution in [0.2, 0.25) is 0 Å². The summed E-state index contributed by atoms with van der Waals surface area (Å²) in [5.41, 5.74) is 8.31. The molecule has 16 heavy (non-hydrogen) atoms. The van der Waals surface area contributed by atoms with Crippen LogP contribution in [0.5, 0.6) is 5.75 Å². The number of ether oxygens (including phenoxy) is 1. The topological polar surface area (TPSA) is 76.8 Å². The molecule has 0 radical (unpaired) electrons. The van der Waals surface area contributed by atoms with E-state index in [4.69, 9.17) is 10.5 Å². The van der Waals surface area contributed by atoms with Crippen LogP contribution in [0.15, 0.2) is 24.3 Å². The van der Waals surface area contributed by atoms with Crippen molar-refractivity contribution in [1.82, 2.24) is 15.4 Å². The third-order valence-corrected chi connectivity index (χ3v) is 2.45. The standard InChI is InChI=1S/C11H14N4O/c1-16-11-5-3-2-4-8(11)6-9-10(7-12)14-15-13-9/h2-5H,6-7,12H2,1H3,(H,13,14,15). The first-order chi connectivity index (χ1) is 7.85. The van der Waals surface area contributed by atoms with Crippen LogP contribution in [0.1, 0.15) is 17.0 Å². The lowest BCUT2D eigenvalue weighted by Gasteiger charge is -2.06. The number of hydrogen-bond donors (Lipinski definition) is 2. The number of rotatable bonds is 4. The van der Waals surface area contributed by atoms with Crippen molar-refractivity contribution in [3.05, 3.63) is 41.2 Å². The summed E-state index contributed by atoms with van der Waals surface area (Å²) in [5.74, 6) is 0.855. The van der Waals surface area contributed by atoms with E-state index < -0.39 is 0 Å². The molecule has 0 saturated heterocycles. The Bertz CT molecular complexity index is 467. The summed E-state index contributed by atoms with van der Waals surface area (Å²) >= 11 is 0. The number of nitrogens with one attached hydrogen (secondary N) is 1. The van der Waals surface area contributed by atoms with E-state index in [1.807, 2.05) is 24.3 Å². The molecule has 0 saturated carbocycles. The highest BCUT2D eigenvalue weighted by Gasteiger charge is 2.09. The quantitative estimate of drug-likeness (QED) is 0.798. The molecule has 0 spiro atoms. The van der Waals surface area contributed by atoms with Crippen LogP contribution in [-0.4, -0.2) is 22.5 Å². The second kappa shape index (κ2) is 4.76. The monoisotopic (exact) mass is 218 g/mol. The fourth-order valence-electron chi connectivity index (χ4n) is 1.61. The SMILES string of the molecule is COc1ccccc1Cc1n[nH]nc1CN. The van der Waals surface area contributed by atoms with Crippen molar-refractivity contribution in [2.45, 2.75) is 13.0 Å². The van der Waals surface area contributed by atoms with Crippen molar-refractivity contribution in [3.63, 3.8) is 0 Å². The van der Waals surface area contributed by atoms with Crippen LogP contribution < -0.4 is 10.5 Å². The van der Waals surface area contributed by atoms with Gasteiger partial charge in [-0.25, -0.2) is 0 Å². The molecule has 1 heterocycles. The molecule has 0 aliphatic heterocycles. The molecule has 5 heteroatoms. The minimum absolute atomic E-state index is 0.390. The molecule has 0 unspecified atom stereocenters. The highest BCUT2D eigenvalue weighted by Crippen LogP contribution is 2.20. The predicted octanol–water partition coefficient (Wildman–Crippen LogP) is 0.863. The van der Waals surface area contributed by atoms with Crippen LogP contribution >= 0.6 is 0 Å². The zero-order chi connectivity index (χ0) is 11.4. The van der Waals surface area contributed by atoms with Gasteiger partial charge in [0, 0.05) is 18.5 Å². The fourth-order valence-corrected chi connectivity index (χ4v) is 1.61. The van der Waals surface area contributed by atoms with Crippen LogP contribution in [-0.2, 0) is 13.0 Å². The van der Waals surface area contributed by atoms with Crippen molar-refractivity contribution in [2.24, 2.45) is 5.73 Å². The molecule has 3 N–H and O–H groups in total. The Morgan fingerprint density at radius 3 is 2.75 bits per heavy atom. The van der Waals surface area contributed by atoms with Gasteiger partial charge in [-0.3, -0.25) is 0 Å². The van der Waals surface area contributed by atoms with Gasteiger partial charge in [0.15, 0.2) is 0 Å². The van der Waals surface area contributed by atoms with E-state index in [0.29, 0.717) is 13.0 Å². The summed E-state index contributed by atoms with van der Waals surface area (Å²) in [5, 5.41) is 10.7. The van der Waals surface area contributed by atoms with E-state index in [0.717, 1.165) is 22.7 Å². The number of para-hydroxylation sites is 1. The smallest absolute Gasteiger partial charge is 0.122 e. The number of methoxy groups -OCH3 is 1. The number of nitrogens with zero attached hydrogens (tertiary/aromatic N) is 2. The van der Waals surface area contributed by atoms with E-state index in [9.17, 15) is 0 Å². The minimum Gasteiger partial charge on any atom is -0.496 e. The van der Waals surface area contributed by atoms with Crippen LogP contribution in [0, 0.1) is 0 Å². The molecule has 0 fully saturated rings. The summed E-state index contributed by atoms with van der Waals surface area (Å²) in [6.45, 7) is 0.390. The molecule has 2 rings (SSSR count). The summed E-state index contributed by atoms with van der Waals surface area (Å²) in [7, 11) is 1.66. The molecule has 1 aromatic heterocycles. The summed E-state index contributed by atoms with van der Waals surface area (Å²) in [6, 6.07) is 7.85. The second-order valence-corrected chi connectivity index (χ2v) is 3.41. The Hall–Kier alpha value is -1.88. The van der Waals surface area contributed by atoms with Crippen LogP contribution in [0.3, 0.4) is 0 Å². The average molecular weight is 218 g/mol. The Kier molecular flexibility index (Phi) is 3.16. The zero-order valence-corrected chi connectivity index (χ0v) is 9.10. The predicted molar refractivity (Wildman–Crippen MR) is 60.1 cm³/mol. The molecule has 1 aromatic carbocycles. The molecule has 0 aliphatic carbocycles. The first-order valence-electron chi connectivity index (χ1n) is 5.05. The van der Waals surface area contributed by atoms with E-state index in [1.165, 1.54) is 0 Å². The van der Waals surface area contributed by atoms with Crippen LogP contribution in [0.4, 0.5) is 0 Å². The maximum Gasteiger partial charge on any atom is 0.122 e. The summed E-state index contributed by atoms with van der Waals surface area (Å²) < 4.78 is 5.28. The third kappa shape index (κ3) is 2.04. The maximum atomic E-state index is 5.57. The summed E-state index contributed by atoms with van der Waals surface area (Å²) in [4.78, 5) is 0. The van der Waals surface area contributed by atoms with Crippen molar-refractivity contribution < 1.29 is 4.74 Å². The lowest BCUT2D eigenvalue weighted by atomic mass is 10.1. The number of nitrogens with two attached hydrogens (primary N) is 1. The molecule has 84 valence electrons. The van der Waals surface area contributed by atoms with E-state index in [-0.39, 0.29) is 0 Å². The Morgan fingerprint density at radius 1 is 1.25 bits per heavy atom. The number of hydrogen-bond acceptors (Lipinski definition) is 4. The normalized spacial score (nSPS) is 10.4. The maximum absolute atomic E-state index is 5.57. The van der Waals surface area contributed by atoms with E-state index >= 15 is 0 Å². The van der Waals surface area contributed by atoms with Gasteiger partial charge in [-0.15, -0.1) is 0 Å². The lowest BCUT2D eigenvalue weighted by Crippen LogP contribution is -2.02. The van der Waals surface area contributed by atoms with Gasteiger partial charge in [0.2, 0.25) is 0 Å². The van der Waals surface area contributed by atoms with Gasteiger partial charge in [0.1, 0.15) is 5.75 Å². The minimum atomic E-state index is 0.390. The zero-order valence-electron chi connectivity index (χ0n) is 9.10. The molecule has 5 nitrogen and oxygen atoms in total. The number of benzene rings is 1. The van der Waals surface area contributed by atoms with Crippen molar-refractivity contribution in [1.29, 1.82) is 0 Å². The van der Waals surface area contributed by atoms with Crippen molar-refractivity contribution in [3.8, 4) is 5.75 Å². The van der Waals surface area contributed by atoms with Gasteiger partial charge in [-0.05, 0) is 6.07 Å². The van der Waals surface area contributed by atoms with Crippen LogP contribution in [0.25, 0.3) is 0 Å².